The molecule has 0 atom stereocenters. The maximum atomic E-state index is 12.2. The van der Waals surface area contributed by atoms with E-state index in [9.17, 15) is 13.2 Å². The fraction of sp³-hybridized carbons (Fsp3) is 0.417. The highest BCUT2D eigenvalue weighted by Gasteiger charge is 2.20. The molecule has 0 aliphatic rings. The minimum atomic E-state index is -3.54. The van der Waals surface area contributed by atoms with Crippen molar-refractivity contribution in [2.24, 2.45) is 5.73 Å². The van der Waals surface area contributed by atoms with Gasteiger partial charge in [0.1, 0.15) is 0 Å². The van der Waals surface area contributed by atoms with Crippen molar-refractivity contribution in [2.75, 3.05) is 20.1 Å². The second-order valence-electron chi connectivity index (χ2n) is 4.05. The fourth-order valence-electron chi connectivity index (χ4n) is 1.49. The van der Waals surface area contributed by atoms with Gasteiger partial charge in [0.05, 0.1) is 4.90 Å². The van der Waals surface area contributed by atoms with E-state index < -0.39 is 10.0 Å². The van der Waals surface area contributed by atoms with Crippen LogP contribution in [0.1, 0.15) is 23.7 Å². The van der Waals surface area contributed by atoms with Gasteiger partial charge in [0.2, 0.25) is 10.0 Å². The number of nitrogens with zero attached hydrogens (tertiary/aromatic N) is 1. The average Bonchev–Trinajstić information content (AvgIpc) is 2.35. The minimum Gasteiger partial charge on any atom is -0.330 e. The van der Waals surface area contributed by atoms with E-state index in [4.69, 9.17) is 5.73 Å². The summed E-state index contributed by atoms with van der Waals surface area (Å²) in [6.45, 7) is 2.21. The number of ketones is 1. The van der Waals surface area contributed by atoms with Gasteiger partial charge in [-0.25, -0.2) is 12.7 Å². The van der Waals surface area contributed by atoms with E-state index in [-0.39, 0.29) is 10.7 Å². The third kappa shape index (κ3) is 3.38. The largest absolute Gasteiger partial charge is 0.330 e. The van der Waals surface area contributed by atoms with Crippen LogP contribution >= 0.6 is 0 Å². The molecule has 0 saturated heterocycles. The third-order valence-corrected chi connectivity index (χ3v) is 4.48. The first-order valence-electron chi connectivity index (χ1n) is 5.67. The van der Waals surface area contributed by atoms with Gasteiger partial charge in [-0.05, 0) is 32.0 Å². The highest BCUT2D eigenvalue weighted by Crippen LogP contribution is 2.16. The Kier molecular flexibility index (Phi) is 5.01. The highest BCUT2D eigenvalue weighted by atomic mass is 32.2. The molecule has 0 fully saturated rings. The summed E-state index contributed by atoms with van der Waals surface area (Å²) in [5, 5.41) is 0. The first-order chi connectivity index (χ1) is 8.39. The third-order valence-electron chi connectivity index (χ3n) is 2.63. The molecule has 0 bridgehead atoms. The highest BCUT2D eigenvalue weighted by molar-refractivity contribution is 7.89. The van der Waals surface area contributed by atoms with E-state index in [0.29, 0.717) is 25.1 Å². The smallest absolute Gasteiger partial charge is 0.242 e. The molecule has 0 aliphatic carbocycles. The number of hydrogen-bond donors (Lipinski definition) is 1. The van der Waals surface area contributed by atoms with Gasteiger partial charge in [-0.1, -0.05) is 12.1 Å². The molecule has 0 aliphatic heterocycles. The van der Waals surface area contributed by atoms with Crippen molar-refractivity contribution in [3.05, 3.63) is 29.8 Å². The zero-order valence-corrected chi connectivity index (χ0v) is 11.4. The summed E-state index contributed by atoms with van der Waals surface area (Å²) in [5.74, 6) is -0.156. The topological polar surface area (TPSA) is 80.5 Å². The zero-order valence-electron chi connectivity index (χ0n) is 10.6. The summed E-state index contributed by atoms with van der Waals surface area (Å²) < 4.78 is 25.6. The van der Waals surface area contributed by atoms with Crippen molar-refractivity contribution in [3.63, 3.8) is 0 Å². The van der Waals surface area contributed by atoms with E-state index in [1.165, 1.54) is 30.4 Å². The minimum absolute atomic E-state index is 0.134. The molecule has 5 nitrogen and oxygen atoms in total. The number of hydrogen-bond acceptors (Lipinski definition) is 4. The van der Waals surface area contributed by atoms with E-state index in [2.05, 4.69) is 0 Å². The molecule has 0 heterocycles. The van der Waals surface area contributed by atoms with Crippen molar-refractivity contribution in [1.29, 1.82) is 0 Å². The predicted octanol–water partition coefficient (Wildman–Crippen LogP) is 0.859. The maximum absolute atomic E-state index is 12.2. The van der Waals surface area contributed by atoms with Gasteiger partial charge in [-0.15, -0.1) is 0 Å². The number of sulfonamides is 1. The standard InChI is InChI=1S/C12H18N2O3S/c1-10(15)11-5-3-6-12(9-11)18(16,17)14(2)8-4-7-13/h3,5-6,9H,4,7-8,13H2,1-2H3. The van der Waals surface area contributed by atoms with Gasteiger partial charge < -0.3 is 5.73 Å². The van der Waals surface area contributed by atoms with Gasteiger partial charge in [-0.3, -0.25) is 4.79 Å². The van der Waals surface area contributed by atoms with Gasteiger partial charge in [-0.2, -0.15) is 0 Å². The second kappa shape index (κ2) is 6.08. The number of Topliss-reactive ketones (excluding diaryl/α,β-unsaturated/α-hetero) is 1. The molecule has 1 aromatic carbocycles. The van der Waals surface area contributed by atoms with E-state index in [1.807, 2.05) is 0 Å². The molecule has 100 valence electrons. The van der Waals surface area contributed by atoms with Crippen LogP contribution in [0.25, 0.3) is 0 Å². The van der Waals surface area contributed by atoms with Crippen LogP contribution in [0, 0.1) is 0 Å². The molecule has 1 rings (SSSR count). The van der Waals surface area contributed by atoms with Crippen LogP contribution in [0.2, 0.25) is 0 Å². The summed E-state index contributed by atoms with van der Waals surface area (Å²) in [4.78, 5) is 11.4. The first-order valence-corrected chi connectivity index (χ1v) is 7.11. The van der Waals surface area contributed by atoms with Crippen molar-refractivity contribution < 1.29 is 13.2 Å². The Morgan fingerprint density at radius 1 is 1.39 bits per heavy atom. The molecule has 6 heteroatoms. The molecule has 0 unspecified atom stereocenters. The zero-order chi connectivity index (χ0) is 13.8. The van der Waals surface area contributed by atoms with Crippen LogP contribution in [0.5, 0.6) is 0 Å². The number of rotatable bonds is 6. The lowest BCUT2D eigenvalue weighted by Gasteiger charge is -2.17. The molecule has 1 aromatic rings. The lowest BCUT2D eigenvalue weighted by Crippen LogP contribution is -2.29. The van der Waals surface area contributed by atoms with Crippen molar-refractivity contribution in [1.82, 2.24) is 4.31 Å². The molecule has 18 heavy (non-hydrogen) atoms. The molecular weight excluding hydrogens is 252 g/mol. The average molecular weight is 270 g/mol. The molecule has 0 aromatic heterocycles. The summed E-state index contributed by atoms with van der Waals surface area (Å²) in [5.41, 5.74) is 5.75. The Hall–Kier alpha value is -1.24. The van der Waals surface area contributed by atoms with Crippen LogP contribution in [0.15, 0.2) is 29.2 Å². The molecular formula is C12H18N2O3S. The van der Waals surface area contributed by atoms with Crippen molar-refractivity contribution in [2.45, 2.75) is 18.2 Å². The monoisotopic (exact) mass is 270 g/mol. The SMILES string of the molecule is CC(=O)c1cccc(S(=O)(=O)N(C)CCCN)c1. The number of benzene rings is 1. The van der Waals surface area contributed by atoms with Gasteiger partial charge in [0, 0.05) is 19.2 Å². The maximum Gasteiger partial charge on any atom is 0.242 e. The number of carbonyl (C=O) groups excluding carboxylic acids is 1. The molecule has 0 amide bonds. The Bertz CT molecular complexity index is 526. The molecule has 2 N–H and O–H groups in total. The van der Waals surface area contributed by atoms with Crippen molar-refractivity contribution in [3.8, 4) is 0 Å². The molecule has 0 spiro atoms. The van der Waals surface area contributed by atoms with Crippen molar-refractivity contribution >= 4 is 15.8 Å². The number of nitrogens with two attached hydrogens (primary N) is 1. The lowest BCUT2D eigenvalue weighted by atomic mass is 10.2. The van der Waals surface area contributed by atoms with E-state index in [1.54, 1.807) is 12.1 Å². The van der Waals surface area contributed by atoms with Gasteiger partial charge >= 0.3 is 0 Å². The Balaban J connectivity index is 3.04. The first kappa shape index (κ1) is 14.8. The van der Waals surface area contributed by atoms with Crippen LogP contribution in [-0.4, -0.2) is 38.6 Å². The van der Waals surface area contributed by atoms with E-state index >= 15 is 0 Å². The normalized spacial score (nSPS) is 11.8. The van der Waals surface area contributed by atoms with Crippen LogP contribution in [-0.2, 0) is 10.0 Å². The summed E-state index contributed by atoms with van der Waals surface area (Å²) >= 11 is 0. The van der Waals surface area contributed by atoms with Gasteiger partial charge in [0.15, 0.2) is 5.78 Å². The summed E-state index contributed by atoms with van der Waals surface area (Å²) in [7, 11) is -2.04. The molecule has 0 saturated carbocycles. The fourth-order valence-corrected chi connectivity index (χ4v) is 2.75. The second-order valence-corrected chi connectivity index (χ2v) is 6.10. The summed E-state index contributed by atoms with van der Waals surface area (Å²) in [6.07, 6.45) is 0.599. The molecule has 0 radical (unpaired) electrons. The van der Waals surface area contributed by atoms with E-state index in [0.717, 1.165) is 0 Å². The Morgan fingerprint density at radius 2 is 2.06 bits per heavy atom. The van der Waals surface area contributed by atoms with Crippen LogP contribution in [0.3, 0.4) is 0 Å². The predicted molar refractivity (Wildman–Crippen MR) is 69.9 cm³/mol. The van der Waals surface area contributed by atoms with Crippen LogP contribution in [0.4, 0.5) is 0 Å². The quantitative estimate of drug-likeness (QED) is 0.777. The number of carbonyl (C=O) groups is 1. The Labute approximate surface area is 108 Å². The van der Waals surface area contributed by atoms with Gasteiger partial charge in [0.25, 0.3) is 0 Å². The van der Waals surface area contributed by atoms with Crippen LogP contribution < -0.4 is 5.73 Å². The lowest BCUT2D eigenvalue weighted by molar-refractivity contribution is 0.101. The summed E-state index contributed by atoms with van der Waals surface area (Å²) in [6, 6.07) is 6.05. The Morgan fingerprint density at radius 3 is 2.61 bits per heavy atom.